The van der Waals surface area contributed by atoms with Gasteiger partial charge in [-0.2, -0.15) is 4.98 Å². The number of nitrogens with zero attached hydrogens (tertiary/aromatic N) is 3. The van der Waals surface area contributed by atoms with Crippen LogP contribution < -0.4 is 10.1 Å². The molecule has 0 bridgehead atoms. The van der Waals surface area contributed by atoms with Gasteiger partial charge in [0.2, 0.25) is 5.89 Å². The van der Waals surface area contributed by atoms with Gasteiger partial charge in [0, 0.05) is 36.7 Å². The Kier molecular flexibility index (Phi) is 5.58. The minimum atomic E-state index is -0.143. The van der Waals surface area contributed by atoms with E-state index in [1.165, 1.54) is 0 Å². The maximum atomic E-state index is 12.2. The number of carbonyl (C=O) groups is 1. The summed E-state index contributed by atoms with van der Waals surface area (Å²) >= 11 is 0. The van der Waals surface area contributed by atoms with Crippen molar-refractivity contribution in [2.45, 2.75) is 19.8 Å². The molecule has 3 aromatic rings. The molecule has 7 nitrogen and oxygen atoms in total. The summed E-state index contributed by atoms with van der Waals surface area (Å²) in [5.41, 5.74) is 2.48. The molecule has 7 heteroatoms. The summed E-state index contributed by atoms with van der Waals surface area (Å²) in [6, 6.07) is 9.24. The van der Waals surface area contributed by atoms with Crippen molar-refractivity contribution in [1.29, 1.82) is 0 Å². The molecule has 1 aromatic carbocycles. The normalized spacial score (nSPS) is 10.5. The highest BCUT2D eigenvalue weighted by Gasteiger charge is 2.08. The molecule has 26 heavy (non-hydrogen) atoms. The molecule has 0 atom stereocenters. The van der Waals surface area contributed by atoms with Gasteiger partial charge in [-0.15, -0.1) is 0 Å². The minimum Gasteiger partial charge on any atom is -0.495 e. The number of pyridine rings is 1. The van der Waals surface area contributed by atoms with Gasteiger partial charge in [0.1, 0.15) is 5.75 Å². The molecule has 0 aliphatic carbocycles. The van der Waals surface area contributed by atoms with Gasteiger partial charge in [-0.25, -0.2) is 0 Å². The molecule has 2 aromatic heterocycles. The molecule has 0 unspecified atom stereocenters. The molecule has 0 aliphatic heterocycles. The summed E-state index contributed by atoms with van der Waals surface area (Å²) in [5, 5.41) is 6.68. The molecule has 1 amide bonds. The summed E-state index contributed by atoms with van der Waals surface area (Å²) < 4.78 is 10.3. The van der Waals surface area contributed by atoms with E-state index in [0.717, 1.165) is 17.5 Å². The minimum absolute atomic E-state index is 0.143. The number of carbonyl (C=O) groups excluding carboxylic acids is 1. The second kappa shape index (κ2) is 8.24. The number of amides is 1. The Bertz CT molecular complexity index is 875. The Morgan fingerprint density at radius 3 is 2.69 bits per heavy atom. The second-order valence-electron chi connectivity index (χ2n) is 5.65. The van der Waals surface area contributed by atoms with Crippen LogP contribution in [-0.4, -0.2) is 34.7 Å². The average Bonchev–Trinajstić information content (AvgIpc) is 3.16. The number of aryl methyl sites for hydroxylation is 1. The summed E-state index contributed by atoms with van der Waals surface area (Å²) in [6.45, 7) is 2.40. The maximum absolute atomic E-state index is 12.2. The van der Waals surface area contributed by atoms with Gasteiger partial charge in [-0.3, -0.25) is 9.78 Å². The van der Waals surface area contributed by atoms with Crippen LogP contribution in [0.2, 0.25) is 0 Å². The number of hydrogen-bond donors (Lipinski definition) is 1. The zero-order chi connectivity index (χ0) is 18.4. The Morgan fingerprint density at radius 2 is 2.00 bits per heavy atom. The zero-order valence-corrected chi connectivity index (χ0v) is 14.7. The van der Waals surface area contributed by atoms with Crippen molar-refractivity contribution < 1.29 is 14.1 Å². The third-order valence-electron chi connectivity index (χ3n) is 3.88. The Morgan fingerprint density at radius 1 is 1.19 bits per heavy atom. The largest absolute Gasteiger partial charge is 0.495 e. The number of methoxy groups -OCH3 is 1. The lowest BCUT2D eigenvalue weighted by Gasteiger charge is -2.06. The first kappa shape index (κ1) is 17.6. The lowest BCUT2D eigenvalue weighted by Crippen LogP contribution is -2.25. The number of ether oxygens (including phenoxy) is 1. The molecule has 134 valence electrons. The SMILES string of the molecule is CCc1noc(CCNC(=O)c2ccc(-c3cncc(OC)c3)cc2)n1. The van der Waals surface area contributed by atoms with E-state index >= 15 is 0 Å². The number of benzene rings is 1. The third kappa shape index (κ3) is 4.24. The maximum Gasteiger partial charge on any atom is 0.251 e. The first-order valence-electron chi connectivity index (χ1n) is 8.38. The van der Waals surface area contributed by atoms with Crippen LogP contribution in [0.4, 0.5) is 0 Å². The second-order valence-corrected chi connectivity index (χ2v) is 5.65. The highest BCUT2D eigenvalue weighted by Crippen LogP contribution is 2.22. The van der Waals surface area contributed by atoms with Gasteiger partial charge < -0.3 is 14.6 Å². The lowest BCUT2D eigenvalue weighted by atomic mass is 10.1. The average molecular weight is 352 g/mol. The van der Waals surface area contributed by atoms with Crippen LogP contribution in [0.1, 0.15) is 29.0 Å². The van der Waals surface area contributed by atoms with Crippen molar-refractivity contribution >= 4 is 5.91 Å². The van der Waals surface area contributed by atoms with E-state index in [0.29, 0.717) is 36.0 Å². The van der Waals surface area contributed by atoms with Crippen LogP contribution in [0, 0.1) is 0 Å². The predicted octanol–water partition coefficient (Wildman–Crippen LogP) is 2.68. The molecule has 0 spiro atoms. The van der Waals surface area contributed by atoms with E-state index in [1.807, 2.05) is 25.1 Å². The Hall–Kier alpha value is -3.22. The molecule has 0 fully saturated rings. The fraction of sp³-hybridized carbons (Fsp3) is 0.263. The number of rotatable bonds is 7. The van der Waals surface area contributed by atoms with Gasteiger partial charge in [0.15, 0.2) is 5.82 Å². The summed E-state index contributed by atoms with van der Waals surface area (Å²) in [6.07, 6.45) is 4.64. The van der Waals surface area contributed by atoms with Crippen LogP contribution in [-0.2, 0) is 12.8 Å². The molecule has 3 rings (SSSR count). The topological polar surface area (TPSA) is 90.1 Å². The fourth-order valence-corrected chi connectivity index (χ4v) is 2.42. The number of nitrogens with one attached hydrogen (secondary N) is 1. The fourth-order valence-electron chi connectivity index (χ4n) is 2.42. The zero-order valence-electron chi connectivity index (χ0n) is 14.7. The molecule has 0 saturated heterocycles. The molecule has 0 aliphatic rings. The van der Waals surface area contributed by atoms with E-state index in [2.05, 4.69) is 20.4 Å². The molecule has 2 heterocycles. The van der Waals surface area contributed by atoms with Crippen LogP contribution in [0.5, 0.6) is 5.75 Å². The molecular weight excluding hydrogens is 332 g/mol. The molecular formula is C19H20N4O3. The Balaban J connectivity index is 1.58. The third-order valence-corrected chi connectivity index (χ3v) is 3.88. The monoisotopic (exact) mass is 352 g/mol. The van der Waals surface area contributed by atoms with Crippen LogP contribution >= 0.6 is 0 Å². The van der Waals surface area contributed by atoms with Crippen LogP contribution in [0.25, 0.3) is 11.1 Å². The Labute approximate surface area is 151 Å². The predicted molar refractivity (Wildman–Crippen MR) is 95.9 cm³/mol. The first-order valence-corrected chi connectivity index (χ1v) is 8.38. The highest BCUT2D eigenvalue weighted by molar-refractivity contribution is 5.94. The quantitative estimate of drug-likeness (QED) is 0.703. The molecule has 0 radical (unpaired) electrons. The van der Waals surface area contributed by atoms with Crippen molar-refractivity contribution in [3.05, 3.63) is 60.0 Å². The summed E-state index contributed by atoms with van der Waals surface area (Å²) in [7, 11) is 1.60. The lowest BCUT2D eigenvalue weighted by molar-refractivity contribution is 0.0953. The van der Waals surface area contributed by atoms with E-state index in [9.17, 15) is 4.79 Å². The smallest absolute Gasteiger partial charge is 0.251 e. The van der Waals surface area contributed by atoms with Gasteiger partial charge in [-0.05, 0) is 23.8 Å². The molecule has 0 saturated carbocycles. The van der Waals surface area contributed by atoms with E-state index in [4.69, 9.17) is 9.26 Å². The summed E-state index contributed by atoms with van der Waals surface area (Å²) in [5.74, 6) is 1.75. The van der Waals surface area contributed by atoms with Gasteiger partial charge >= 0.3 is 0 Å². The van der Waals surface area contributed by atoms with Crippen LogP contribution in [0.15, 0.2) is 47.2 Å². The first-order chi connectivity index (χ1) is 12.7. The van der Waals surface area contributed by atoms with Crippen molar-refractivity contribution in [2.24, 2.45) is 0 Å². The summed E-state index contributed by atoms with van der Waals surface area (Å²) in [4.78, 5) is 20.6. The van der Waals surface area contributed by atoms with Gasteiger partial charge in [0.25, 0.3) is 5.91 Å². The van der Waals surface area contributed by atoms with Crippen molar-refractivity contribution in [3.63, 3.8) is 0 Å². The highest BCUT2D eigenvalue weighted by atomic mass is 16.5. The van der Waals surface area contributed by atoms with Gasteiger partial charge in [0.05, 0.1) is 13.3 Å². The van der Waals surface area contributed by atoms with Crippen molar-refractivity contribution in [1.82, 2.24) is 20.4 Å². The molecule has 1 N–H and O–H groups in total. The van der Waals surface area contributed by atoms with E-state index in [-0.39, 0.29) is 5.91 Å². The van der Waals surface area contributed by atoms with Gasteiger partial charge in [-0.1, -0.05) is 24.2 Å². The number of hydrogen-bond acceptors (Lipinski definition) is 6. The van der Waals surface area contributed by atoms with Crippen LogP contribution in [0.3, 0.4) is 0 Å². The standard InChI is InChI=1S/C19H20N4O3/c1-3-17-22-18(26-23-17)8-9-21-19(24)14-6-4-13(5-7-14)15-10-16(25-2)12-20-11-15/h4-7,10-12H,3,8-9H2,1-2H3,(H,21,24). The van der Waals surface area contributed by atoms with E-state index in [1.54, 1.807) is 31.6 Å². The number of aromatic nitrogens is 3. The van der Waals surface area contributed by atoms with Crippen molar-refractivity contribution in [2.75, 3.05) is 13.7 Å². The van der Waals surface area contributed by atoms with Crippen molar-refractivity contribution in [3.8, 4) is 16.9 Å². The van der Waals surface area contributed by atoms with E-state index < -0.39 is 0 Å².